The fraction of sp³-hybridized carbons (Fsp3) is 0.929. The Labute approximate surface area is 98.4 Å². The Morgan fingerprint density at radius 1 is 1.25 bits per heavy atom. The molecule has 0 aromatic carbocycles. The lowest BCUT2D eigenvalue weighted by Gasteiger charge is -2.49. The van der Waals surface area contributed by atoms with Crippen molar-refractivity contribution in [2.45, 2.75) is 58.8 Å². The van der Waals surface area contributed by atoms with Gasteiger partial charge >= 0.3 is 5.97 Å². The predicted molar refractivity (Wildman–Crippen MR) is 64.2 cm³/mol. The smallest absolute Gasteiger partial charge is 0.303 e. The SMILES string of the molecule is CC1(C)CC2CCCC(C1)C2CCC(=O)O. The predicted octanol–water partition coefficient (Wildman–Crippen LogP) is 3.70. The highest BCUT2D eigenvalue weighted by Gasteiger charge is 2.42. The van der Waals surface area contributed by atoms with Crippen molar-refractivity contribution >= 4 is 5.97 Å². The van der Waals surface area contributed by atoms with Crippen LogP contribution in [0, 0.1) is 23.2 Å². The Morgan fingerprint density at radius 2 is 1.81 bits per heavy atom. The molecule has 0 aromatic heterocycles. The number of hydrogen-bond donors (Lipinski definition) is 1. The summed E-state index contributed by atoms with van der Waals surface area (Å²) in [5.41, 5.74) is 0.496. The molecule has 2 unspecified atom stereocenters. The molecule has 2 bridgehead atoms. The maximum absolute atomic E-state index is 10.7. The Balaban J connectivity index is 2.00. The average Bonchev–Trinajstić information content (AvgIpc) is 2.13. The number of carboxylic acid groups (broad SMARTS) is 1. The number of rotatable bonds is 3. The van der Waals surface area contributed by atoms with Gasteiger partial charge in [-0.2, -0.15) is 0 Å². The minimum atomic E-state index is -0.622. The van der Waals surface area contributed by atoms with Crippen LogP contribution < -0.4 is 0 Å². The van der Waals surface area contributed by atoms with E-state index in [9.17, 15) is 4.79 Å². The van der Waals surface area contributed by atoms with Gasteiger partial charge in [0.25, 0.3) is 0 Å². The van der Waals surface area contributed by atoms with Gasteiger partial charge in [-0.25, -0.2) is 0 Å². The molecule has 0 amide bonds. The van der Waals surface area contributed by atoms with E-state index in [0.29, 0.717) is 17.8 Å². The normalized spacial score (nSPS) is 37.0. The molecule has 0 spiro atoms. The molecule has 2 aliphatic rings. The van der Waals surface area contributed by atoms with E-state index in [1.54, 1.807) is 0 Å². The minimum absolute atomic E-state index is 0.373. The summed E-state index contributed by atoms with van der Waals surface area (Å²) >= 11 is 0. The van der Waals surface area contributed by atoms with Crippen molar-refractivity contribution in [3.8, 4) is 0 Å². The van der Waals surface area contributed by atoms with Gasteiger partial charge in [-0.3, -0.25) is 4.79 Å². The second-order valence-corrected chi connectivity index (χ2v) is 6.62. The first-order chi connectivity index (χ1) is 7.48. The van der Waals surface area contributed by atoms with Gasteiger partial charge in [0.15, 0.2) is 0 Å². The largest absolute Gasteiger partial charge is 0.481 e. The minimum Gasteiger partial charge on any atom is -0.481 e. The van der Waals surface area contributed by atoms with E-state index in [0.717, 1.165) is 18.3 Å². The molecule has 2 nitrogen and oxygen atoms in total. The summed E-state index contributed by atoms with van der Waals surface area (Å²) < 4.78 is 0. The third kappa shape index (κ3) is 2.58. The first kappa shape index (κ1) is 11.9. The van der Waals surface area contributed by atoms with E-state index in [1.165, 1.54) is 32.1 Å². The first-order valence-corrected chi connectivity index (χ1v) is 6.70. The summed E-state index contributed by atoms with van der Waals surface area (Å²) in [6.07, 6.45) is 7.96. The zero-order valence-corrected chi connectivity index (χ0v) is 10.5. The topological polar surface area (TPSA) is 37.3 Å². The Morgan fingerprint density at radius 3 is 2.31 bits per heavy atom. The van der Waals surface area contributed by atoms with Gasteiger partial charge in [0.1, 0.15) is 0 Å². The van der Waals surface area contributed by atoms with Gasteiger partial charge in [-0.05, 0) is 42.4 Å². The van der Waals surface area contributed by atoms with Crippen LogP contribution in [0.2, 0.25) is 0 Å². The Hall–Kier alpha value is -0.530. The molecule has 2 atom stereocenters. The molecule has 2 fully saturated rings. The summed E-state index contributed by atoms with van der Waals surface area (Å²) in [4.78, 5) is 10.7. The number of carbonyl (C=O) groups is 1. The van der Waals surface area contributed by atoms with Crippen LogP contribution in [0.3, 0.4) is 0 Å². The van der Waals surface area contributed by atoms with Crippen LogP contribution in [0.1, 0.15) is 58.8 Å². The molecule has 0 radical (unpaired) electrons. The zero-order valence-electron chi connectivity index (χ0n) is 10.5. The first-order valence-electron chi connectivity index (χ1n) is 6.70. The van der Waals surface area contributed by atoms with Crippen LogP contribution in [-0.4, -0.2) is 11.1 Å². The molecule has 2 saturated carbocycles. The summed E-state index contributed by atoms with van der Waals surface area (Å²) in [6, 6.07) is 0. The van der Waals surface area contributed by atoms with E-state index in [1.807, 2.05) is 0 Å². The quantitative estimate of drug-likeness (QED) is 0.793. The van der Waals surface area contributed by atoms with E-state index >= 15 is 0 Å². The standard InChI is InChI=1S/C14H24O2/c1-14(2)8-10-4-3-5-11(9-14)12(10)6-7-13(15)16/h10-12H,3-9H2,1-2H3,(H,15,16). The van der Waals surface area contributed by atoms with E-state index in [2.05, 4.69) is 13.8 Å². The van der Waals surface area contributed by atoms with Crippen molar-refractivity contribution < 1.29 is 9.90 Å². The molecule has 2 aliphatic carbocycles. The highest BCUT2D eigenvalue weighted by Crippen LogP contribution is 2.52. The van der Waals surface area contributed by atoms with Crippen LogP contribution in [0.25, 0.3) is 0 Å². The number of hydrogen-bond acceptors (Lipinski definition) is 1. The summed E-state index contributed by atoms with van der Waals surface area (Å²) in [6.45, 7) is 4.76. The number of fused-ring (bicyclic) bond motifs is 2. The molecule has 0 aliphatic heterocycles. The van der Waals surface area contributed by atoms with Crippen LogP contribution in [-0.2, 0) is 4.79 Å². The molecule has 2 heteroatoms. The van der Waals surface area contributed by atoms with E-state index in [-0.39, 0.29) is 0 Å². The molecular formula is C14H24O2. The molecule has 0 heterocycles. The van der Waals surface area contributed by atoms with Crippen molar-refractivity contribution in [2.24, 2.45) is 23.2 Å². The van der Waals surface area contributed by atoms with Crippen LogP contribution in [0.15, 0.2) is 0 Å². The van der Waals surface area contributed by atoms with E-state index in [4.69, 9.17) is 5.11 Å². The third-order valence-electron chi connectivity index (χ3n) is 4.68. The van der Waals surface area contributed by atoms with Gasteiger partial charge < -0.3 is 5.11 Å². The fourth-order valence-corrected chi connectivity index (χ4v) is 4.23. The Kier molecular flexibility index (Phi) is 3.27. The second kappa shape index (κ2) is 4.38. The van der Waals surface area contributed by atoms with Crippen molar-refractivity contribution in [1.82, 2.24) is 0 Å². The monoisotopic (exact) mass is 224 g/mol. The van der Waals surface area contributed by atoms with Gasteiger partial charge in [0.2, 0.25) is 0 Å². The maximum atomic E-state index is 10.7. The molecular weight excluding hydrogens is 200 g/mol. The van der Waals surface area contributed by atoms with Crippen molar-refractivity contribution in [1.29, 1.82) is 0 Å². The molecule has 16 heavy (non-hydrogen) atoms. The van der Waals surface area contributed by atoms with Crippen LogP contribution >= 0.6 is 0 Å². The summed E-state index contributed by atoms with van der Waals surface area (Å²) in [7, 11) is 0. The second-order valence-electron chi connectivity index (χ2n) is 6.62. The van der Waals surface area contributed by atoms with E-state index < -0.39 is 5.97 Å². The van der Waals surface area contributed by atoms with Crippen LogP contribution in [0.5, 0.6) is 0 Å². The molecule has 0 aromatic rings. The van der Waals surface area contributed by atoms with Gasteiger partial charge in [0, 0.05) is 6.42 Å². The van der Waals surface area contributed by atoms with Crippen molar-refractivity contribution in [3.05, 3.63) is 0 Å². The molecule has 0 saturated heterocycles. The van der Waals surface area contributed by atoms with Gasteiger partial charge in [-0.15, -0.1) is 0 Å². The lowest BCUT2D eigenvalue weighted by molar-refractivity contribution is -0.137. The highest BCUT2D eigenvalue weighted by molar-refractivity contribution is 5.66. The maximum Gasteiger partial charge on any atom is 0.303 e. The zero-order chi connectivity index (χ0) is 11.8. The summed E-state index contributed by atoms with van der Waals surface area (Å²) in [5, 5.41) is 8.81. The van der Waals surface area contributed by atoms with Crippen molar-refractivity contribution in [3.63, 3.8) is 0 Å². The van der Waals surface area contributed by atoms with Gasteiger partial charge in [0.05, 0.1) is 0 Å². The average molecular weight is 224 g/mol. The Bertz CT molecular complexity index is 254. The highest BCUT2D eigenvalue weighted by atomic mass is 16.4. The number of carboxylic acids is 1. The van der Waals surface area contributed by atoms with Gasteiger partial charge in [-0.1, -0.05) is 33.1 Å². The number of aliphatic carboxylic acids is 1. The lowest BCUT2D eigenvalue weighted by atomic mass is 9.56. The van der Waals surface area contributed by atoms with Crippen molar-refractivity contribution in [2.75, 3.05) is 0 Å². The molecule has 2 rings (SSSR count). The summed E-state index contributed by atoms with van der Waals surface area (Å²) in [5.74, 6) is 1.70. The third-order valence-corrected chi connectivity index (χ3v) is 4.68. The molecule has 1 N–H and O–H groups in total. The van der Waals surface area contributed by atoms with Crippen LogP contribution in [0.4, 0.5) is 0 Å². The molecule has 92 valence electrons. The fourth-order valence-electron chi connectivity index (χ4n) is 4.23. The lowest BCUT2D eigenvalue weighted by Crippen LogP contribution is -2.39.